The Hall–Kier alpha value is -0.770. The predicted molar refractivity (Wildman–Crippen MR) is 29.7 cm³/mol. The molecule has 4 heteroatoms. The van der Waals surface area contributed by atoms with Crippen LogP contribution in [0.15, 0.2) is 4.99 Å². The molecule has 0 bridgehead atoms. The molecular formula is C3H10N4. The Kier molecular flexibility index (Phi) is 3.04. The molecule has 0 atom stereocenters. The lowest BCUT2D eigenvalue weighted by Crippen LogP contribution is -2.35. The number of hydrogen-bond acceptors (Lipinski definition) is 2. The van der Waals surface area contributed by atoms with E-state index < -0.39 is 0 Å². The summed E-state index contributed by atoms with van der Waals surface area (Å²) in [5.41, 5.74) is 10.2. The van der Waals surface area contributed by atoms with Gasteiger partial charge in [-0.3, -0.25) is 4.99 Å². The molecule has 0 aromatic heterocycles. The third-order valence-electron chi connectivity index (χ3n) is 0.524. The van der Waals surface area contributed by atoms with Crippen molar-refractivity contribution in [3.05, 3.63) is 0 Å². The number of nitrogens with zero attached hydrogens (tertiary/aromatic N) is 1. The maximum Gasteiger partial charge on any atom is 0.189 e. The molecule has 0 aromatic rings. The first-order chi connectivity index (χ1) is 3.31. The zero-order valence-corrected chi connectivity index (χ0v) is 4.31. The van der Waals surface area contributed by atoms with E-state index in [0.29, 0.717) is 12.6 Å². The van der Waals surface area contributed by atoms with Gasteiger partial charge in [-0.1, -0.05) is 0 Å². The van der Waals surface area contributed by atoms with E-state index in [1.54, 1.807) is 7.05 Å². The van der Waals surface area contributed by atoms with Gasteiger partial charge in [-0.05, 0) is 0 Å². The second-order valence-electron chi connectivity index (χ2n) is 0.990. The summed E-state index contributed by atoms with van der Waals surface area (Å²) in [6.45, 7) is 0.336. The third kappa shape index (κ3) is 3.05. The van der Waals surface area contributed by atoms with Gasteiger partial charge in [0, 0.05) is 7.05 Å². The predicted octanol–water partition coefficient (Wildman–Crippen LogP) is -1.56. The summed E-state index contributed by atoms with van der Waals surface area (Å²) in [6.07, 6.45) is 0. The highest BCUT2D eigenvalue weighted by atomic mass is 15.1. The molecular weight excluding hydrogens is 92.1 g/mol. The van der Waals surface area contributed by atoms with Crippen LogP contribution in [0.4, 0.5) is 0 Å². The molecule has 0 saturated heterocycles. The molecule has 42 valence electrons. The fraction of sp³-hybridized carbons (Fsp3) is 0.667. The topological polar surface area (TPSA) is 76.4 Å². The lowest BCUT2D eigenvalue weighted by Gasteiger charge is -1.96. The highest BCUT2D eigenvalue weighted by Gasteiger charge is 1.77. The molecule has 0 spiro atoms. The second kappa shape index (κ2) is 3.42. The summed E-state index contributed by atoms with van der Waals surface area (Å²) < 4.78 is 0. The van der Waals surface area contributed by atoms with Crippen LogP contribution in [0.25, 0.3) is 0 Å². The molecule has 7 heavy (non-hydrogen) atoms. The largest absolute Gasteiger partial charge is 0.370 e. The molecule has 0 heterocycles. The highest BCUT2D eigenvalue weighted by Crippen LogP contribution is 1.50. The molecule has 0 rings (SSSR count). The Morgan fingerprint density at radius 1 is 1.86 bits per heavy atom. The van der Waals surface area contributed by atoms with E-state index in [2.05, 4.69) is 10.3 Å². The Bertz CT molecular complexity index is 67.3. The fourth-order valence-corrected chi connectivity index (χ4v) is 0.184. The molecule has 4 nitrogen and oxygen atoms in total. The van der Waals surface area contributed by atoms with Gasteiger partial charge >= 0.3 is 0 Å². The van der Waals surface area contributed by atoms with Crippen LogP contribution in [0.1, 0.15) is 0 Å². The summed E-state index contributed by atoms with van der Waals surface area (Å²) in [4.78, 5) is 3.58. The maximum absolute atomic E-state index is 5.14. The van der Waals surface area contributed by atoms with Crippen LogP contribution in [0.2, 0.25) is 0 Å². The Balaban J connectivity index is 3.17. The summed E-state index contributed by atoms with van der Waals surface area (Å²) in [5.74, 6) is 0.377. The van der Waals surface area contributed by atoms with E-state index in [0.717, 1.165) is 0 Å². The van der Waals surface area contributed by atoms with Gasteiger partial charge in [-0.2, -0.15) is 0 Å². The zero-order valence-electron chi connectivity index (χ0n) is 4.31. The monoisotopic (exact) mass is 102 g/mol. The second-order valence-corrected chi connectivity index (χ2v) is 0.990. The van der Waals surface area contributed by atoms with Crippen LogP contribution in [-0.2, 0) is 0 Å². The molecule has 0 aliphatic carbocycles. The lowest BCUT2D eigenvalue weighted by atomic mass is 10.9. The standard InChI is InChI=1S/C3H10N4/c1-6-3(5)7-2-4/h2,4H2,1H3,(H3,5,6,7). The minimum atomic E-state index is 0.336. The normalized spacial score (nSPS) is 11.4. The average molecular weight is 102 g/mol. The first-order valence-corrected chi connectivity index (χ1v) is 1.97. The van der Waals surface area contributed by atoms with E-state index in [-0.39, 0.29) is 0 Å². The van der Waals surface area contributed by atoms with Gasteiger partial charge in [0.25, 0.3) is 0 Å². The van der Waals surface area contributed by atoms with E-state index in [4.69, 9.17) is 11.5 Å². The Morgan fingerprint density at radius 2 is 2.43 bits per heavy atom. The number of rotatable bonds is 1. The Labute approximate surface area is 42.6 Å². The van der Waals surface area contributed by atoms with Gasteiger partial charge < -0.3 is 16.8 Å². The molecule has 0 saturated carbocycles. The van der Waals surface area contributed by atoms with Crippen molar-refractivity contribution in [2.24, 2.45) is 16.5 Å². The summed E-state index contributed by atoms with van der Waals surface area (Å²) in [6, 6.07) is 0. The SMILES string of the molecule is CN=C(N)NCN. The average Bonchev–Trinajstić information content (AvgIpc) is 1.68. The van der Waals surface area contributed by atoms with Crippen molar-refractivity contribution in [3.8, 4) is 0 Å². The fourth-order valence-electron chi connectivity index (χ4n) is 0.184. The van der Waals surface area contributed by atoms with Crippen molar-refractivity contribution in [2.45, 2.75) is 0 Å². The van der Waals surface area contributed by atoms with E-state index in [1.165, 1.54) is 0 Å². The van der Waals surface area contributed by atoms with Crippen LogP contribution in [0, 0.1) is 0 Å². The van der Waals surface area contributed by atoms with Crippen molar-refractivity contribution in [1.82, 2.24) is 5.32 Å². The number of nitrogens with one attached hydrogen (secondary N) is 1. The molecule has 0 amide bonds. The molecule has 0 aliphatic rings. The minimum absolute atomic E-state index is 0.336. The molecule has 0 unspecified atom stereocenters. The minimum Gasteiger partial charge on any atom is -0.370 e. The van der Waals surface area contributed by atoms with E-state index >= 15 is 0 Å². The van der Waals surface area contributed by atoms with Gasteiger partial charge in [-0.15, -0.1) is 0 Å². The smallest absolute Gasteiger partial charge is 0.189 e. The number of aliphatic imine (C=N–C) groups is 1. The summed E-state index contributed by atoms with van der Waals surface area (Å²) in [5, 5.41) is 2.60. The molecule has 0 aromatic carbocycles. The van der Waals surface area contributed by atoms with E-state index in [9.17, 15) is 0 Å². The van der Waals surface area contributed by atoms with Crippen LogP contribution in [0.3, 0.4) is 0 Å². The highest BCUT2D eigenvalue weighted by molar-refractivity contribution is 5.77. The number of guanidine groups is 1. The van der Waals surface area contributed by atoms with Crippen molar-refractivity contribution in [3.63, 3.8) is 0 Å². The first kappa shape index (κ1) is 6.23. The molecule has 0 radical (unpaired) electrons. The van der Waals surface area contributed by atoms with Gasteiger partial charge in [-0.25, -0.2) is 0 Å². The van der Waals surface area contributed by atoms with Gasteiger partial charge in [0.2, 0.25) is 0 Å². The number of nitrogens with two attached hydrogens (primary N) is 2. The van der Waals surface area contributed by atoms with Gasteiger partial charge in [0.1, 0.15) is 0 Å². The van der Waals surface area contributed by atoms with Crippen LogP contribution in [0.5, 0.6) is 0 Å². The quantitative estimate of drug-likeness (QED) is 0.213. The third-order valence-corrected chi connectivity index (χ3v) is 0.524. The Morgan fingerprint density at radius 3 is 2.57 bits per heavy atom. The molecule has 0 fully saturated rings. The van der Waals surface area contributed by atoms with Gasteiger partial charge in [0.05, 0.1) is 6.67 Å². The van der Waals surface area contributed by atoms with Crippen molar-refractivity contribution in [1.29, 1.82) is 0 Å². The van der Waals surface area contributed by atoms with Crippen molar-refractivity contribution in [2.75, 3.05) is 13.7 Å². The van der Waals surface area contributed by atoms with Crippen LogP contribution in [-0.4, -0.2) is 19.7 Å². The van der Waals surface area contributed by atoms with E-state index in [1.807, 2.05) is 0 Å². The molecule has 5 N–H and O–H groups in total. The van der Waals surface area contributed by atoms with Crippen molar-refractivity contribution < 1.29 is 0 Å². The van der Waals surface area contributed by atoms with Crippen molar-refractivity contribution >= 4 is 5.96 Å². The summed E-state index contributed by atoms with van der Waals surface area (Å²) in [7, 11) is 1.60. The lowest BCUT2D eigenvalue weighted by molar-refractivity contribution is 0.913. The van der Waals surface area contributed by atoms with Crippen LogP contribution < -0.4 is 16.8 Å². The van der Waals surface area contributed by atoms with Gasteiger partial charge in [0.15, 0.2) is 5.96 Å². The zero-order chi connectivity index (χ0) is 5.70. The molecule has 0 aliphatic heterocycles. The first-order valence-electron chi connectivity index (χ1n) is 1.97. The maximum atomic E-state index is 5.14. The summed E-state index contributed by atoms with van der Waals surface area (Å²) >= 11 is 0. The van der Waals surface area contributed by atoms with Crippen LogP contribution >= 0.6 is 0 Å². The number of hydrogen-bond donors (Lipinski definition) is 3.